The molecule has 0 aliphatic carbocycles. The third-order valence-electron chi connectivity index (χ3n) is 5.36. The lowest BCUT2D eigenvalue weighted by Crippen LogP contribution is -2.17. The van der Waals surface area contributed by atoms with Gasteiger partial charge in [-0.1, -0.05) is 12.1 Å². The van der Waals surface area contributed by atoms with Gasteiger partial charge in [0.15, 0.2) is 5.78 Å². The number of Topliss-reactive ketones (excluding diaryl/α,β-unsaturated/α-hetero) is 1. The number of hydrogen-bond donors (Lipinski definition) is 0. The highest BCUT2D eigenvalue weighted by atomic mass is 16.1. The largest absolute Gasteiger partial charge is 0.292 e. The Bertz CT molecular complexity index is 1220. The summed E-state index contributed by atoms with van der Waals surface area (Å²) in [6.45, 7) is 4.57. The lowest BCUT2D eigenvalue weighted by atomic mass is 9.96. The summed E-state index contributed by atoms with van der Waals surface area (Å²) in [5, 5.41) is 0. The van der Waals surface area contributed by atoms with Gasteiger partial charge in [0, 0.05) is 40.8 Å². The minimum atomic E-state index is 0.0399. The zero-order valence-corrected chi connectivity index (χ0v) is 16.4. The molecular formula is C24H20N4O. The third-order valence-corrected chi connectivity index (χ3v) is 5.36. The summed E-state index contributed by atoms with van der Waals surface area (Å²) in [7, 11) is 0. The average molecular weight is 380 g/mol. The van der Waals surface area contributed by atoms with Gasteiger partial charge in [0.05, 0.1) is 30.1 Å². The number of aliphatic imine (C=N–C) groups is 2. The van der Waals surface area contributed by atoms with E-state index in [0.717, 1.165) is 45.2 Å². The first kappa shape index (κ1) is 17.6. The van der Waals surface area contributed by atoms with Crippen LogP contribution in [0.5, 0.6) is 0 Å². The molecule has 0 bridgehead atoms. The van der Waals surface area contributed by atoms with Crippen LogP contribution >= 0.6 is 0 Å². The van der Waals surface area contributed by atoms with Crippen LogP contribution in [0.4, 0.5) is 5.69 Å². The lowest BCUT2D eigenvalue weighted by Gasteiger charge is -2.07. The number of pyridine rings is 2. The molecule has 0 unspecified atom stereocenters. The molecule has 2 aromatic heterocycles. The highest BCUT2D eigenvalue weighted by Gasteiger charge is 2.26. The van der Waals surface area contributed by atoms with Crippen LogP contribution in [0.15, 0.2) is 58.6 Å². The highest BCUT2D eigenvalue weighted by molar-refractivity contribution is 6.42. The van der Waals surface area contributed by atoms with Crippen molar-refractivity contribution < 1.29 is 4.79 Å². The molecule has 0 radical (unpaired) electrons. The molecule has 0 atom stereocenters. The first-order chi connectivity index (χ1) is 14.1. The van der Waals surface area contributed by atoms with Gasteiger partial charge in [-0.15, -0.1) is 0 Å². The molecule has 0 fully saturated rings. The Morgan fingerprint density at radius 3 is 2.76 bits per heavy atom. The minimum absolute atomic E-state index is 0.0399. The normalized spacial score (nSPS) is 14.3. The summed E-state index contributed by atoms with van der Waals surface area (Å²) in [6.07, 6.45) is 2.68. The van der Waals surface area contributed by atoms with Crippen molar-refractivity contribution in [2.75, 3.05) is 0 Å². The SMILES string of the molecule is Cc1cc(C2=NCc3cc4c(cc32)N=C(C(=O)Cc2cccc(C)n2)C4)ccn1. The predicted molar refractivity (Wildman–Crippen MR) is 113 cm³/mol. The number of ketones is 1. The van der Waals surface area contributed by atoms with E-state index in [1.54, 1.807) is 0 Å². The van der Waals surface area contributed by atoms with Crippen molar-refractivity contribution in [3.8, 4) is 0 Å². The Morgan fingerprint density at radius 1 is 1.03 bits per heavy atom. The van der Waals surface area contributed by atoms with Crippen molar-refractivity contribution >= 4 is 22.9 Å². The van der Waals surface area contributed by atoms with Crippen LogP contribution in [0.2, 0.25) is 0 Å². The Labute approximate surface area is 169 Å². The molecular weight excluding hydrogens is 360 g/mol. The van der Waals surface area contributed by atoms with Crippen LogP contribution in [0.3, 0.4) is 0 Å². The standard InChI is InChI=1S/C24H20N4O/c1-14-4-3-5-19(27-14)11-23(29)22-10-17-9-18-13-26-24(20(18)12-21(17)28-22)16-6-7-25-15(2)8-16/h3-9,12H,10-11,13H2,1-2H3. The molecule has 2 aliphatic rings. The molecule has 0 spiro atoms. The van der Waals surface area contributed by atoms with Crippen molar-refractivity contribution in [1.82, 2.24) is 9.97 Å². The third kappa shape index (κ3) is 3.29. The van der Waals surface area contributed by atoms with Crippen molar-refractivity contribution in [2.24, 2.45) is 9.98 Å². The fourth-order valence-electron chi connectivity index (χ4n) is 3.96. The molecule has 5 nitrogen and oxygen atoms in total. The topological polar surface area (TPSA) is 67.6 Å². The van der Waals surface area contributed by atoms with E-state index < -0.39 is 0 Å². The molecule has 142 valence electrons. The van der Waals surface area contributed by atoms with E-state index in [1.807, 2.05) is 50.4 Å². The quantitative estimate of drug-likeness (QED) is 0.690. The molecule has 29 heavy (non-hydrogen) atoms. The minimum Gasteiger partial charge on any atom is -0.292 e. The van der Waals surface area contributed by atoms with Crippen molar-refractivity contribution in [2.45, 2.75) is 33.2 Å². The summed E-state index contributed by atoms with van der Waals surface area (Å²) in [6, 6.07) is 14.0. The van der Waals surface area contributed by atoms with Gasteiger partial charge >= 0.3 is 0 Å². The Kier molecular flexibility index (Phi) is 4.16. The number of hydrogen-bond acceptors (Lipinski definition) is 5. The van der Waals surface area contributed by atoms with Gasteiger partial charge in [-0.3, -0.25) is 19.8 Å². The number of fused-ring (bicyclic) bond motifs is 2. The van der Waals surface area contributed by atoms with Gasteiger partial charge in [0.2, 0.25) is 0 Å². The number of rotatable bonds is 4. The Hall–Kier alpha value is -3.47. The molecule has 2 aliphatic heterocycles. The fourth-order valence-corrected chi connectivity index (χ4v) is 3.96. The van der Waals surface area contributed by atoms with Crippen molar-refractivity contribution in [3.63, 3.8) is 0 Å². The summed E-state index contributed by atoms with van der Waals surface area (Å²) < 4.78 is 0. The van der Waals surface area contributed by atoms with Crippen LogP contribution in [0, 0.1) is 13.8 Å². The maximum Gasteiger partial charge on any atom is 0.183 e. The second-order valence-electron chi connectivity index (χ2n) is 7.59. The maximum atomic E-state index is 12.8. The van der Waals surface area contributed by atoms with Gasteiger partial charge < -0.3 is 0 Å². The fraction of sp³-hybridized carbons (Fsp3) is 0.208. The number of carbonyl (C=O) groups excluding carboxylic acids is 1. The van der Waals surface area contributed by atoms with Crippen LogP contribution in [0.25, 0.3) is 0 Å². The van der Waals surface area contributed by atoms with Crippen LogP contribution in [-0.4, -0.2) is 27.2 Å². The highest BCUT2D eigenvalue weighted by Crippen LogP contribution is 2.34. The summed E-state index contributed by atoms with van der Waals surface area (Å²) >= 11 is 0. The molecule has 0 saturated heterocycles. The number of carbonyl (C=O) groups is 1. The molecule has 0 N–H and O–H groups in total. The van der Waals surface area contributed by atoms with E-state index >= 15 is 0 Å². The lowest BCUT2D eigenvalue weighted by molar-refractivity contribution is -0.112. The van der Waals surface area contributed by atoms with E-state index in [9.17, 15) is 4.79 Å². The van der Waals surface area contributed by atoms with E-state index in [2.05, 4.69) is 27.1 Å². The predicted octanol–water partition coefficient (Wildman–Crippen LogP) is 3.88. The van der Waals surface area contributed by atoms with E-state index in [-0.39, 0.29) is 12.2 Å². The second kappa shape index (κ2) is 6.85. The second-order valence-corrected chi connectivity index (χ2v) is 7.59. The van der Waals surface area contributed by atoms with Gasteiger partial charge in [-0.2, -0.15) is 0 Å². The van der Waals surface area contributed by atoms with Crippen LogP contribution in [-0.2, 0) is 24.2 Å². The number of aromatic nitrogens is 2. The zero-order chi connectivity index (χ0) is 20.0. The molecule has 0 amide bonds. The first-order valence-electron chi connectivity index (χ1n) is 9.74. The zero-order valence-electron chi connectivity index (χ0n) is 16.4. The number of aryl methyl sites for hydroxylation is 2. The molecule has 1 aromatic carbocycles. The molecule has 3 aromatic rings. The van der Waals surface area contributed by atoms with E-state index in [4.69, 9.17) is 4.99 Å². The van der Waals surface area contributed by atoms with Crippen molar-refractivity contribution in [1.29, 1.82) is 0 Å². The monoisotopic (exact) mass is 380 g/mol. The average Bonchev–Trinajstić information content (AvgIpc) is 3.29. The van der Waals surface area contributed by atoms with E-state index in [0.29, 0.717) is 18.7 Å². The summed E-state index contributed by atoms with van der Waals surface area (Å²) in [5.41, 5.74) is 9.62. The summed E-state index contributed by atoms with van der Waals surface area (Å²) in [4.78, 5) is 30.9. The molecule has 5 rings (SSSR count). The van der Waals surface area contributed by atoms with Gasteiger partial charge in [-0.25, -0.2) is 4.99 Å². The number of benzene rings is 1. The Morgan fingerprint density at radius 2 is 1.93 bits per heavy atom. The Balaban J connectivity index is 1.42. The van der Waals surface area contributed by atoms with Gasteiger partial charge in [0.25, 0.3) is 0 Å². The number of nitrogens with zero attached hydrogens (tertiary/aromatic N) is 4. The first-order valence-corrected chi connectivity index (χ1v) is 9.74. The van der Waals surface area contributed by atoms with Crippen molar-refractivity contribution in [3.05, 3.63) is 88.0 Å². The molecule has 5 heteroatoms. The maximum absolute atomic E-state index is 12.8. The van der Waals surface area contributed by atoms with Crippen LogP contribution in [0.1, 0.15) is 39.3 Å². The van der Waals surface area contributed by atoms with Gasteiger partial charge in [-0.05, 0) is 55.3 Å². The summed E-state index contributed by atoms with van der Waals surface area (Å²) in [5.74, 6) is 0.0399. The van der Waals surface area contributed by atoms with Gasteiger partial charge in [0.1, 0.15) is 0 Å². The molecule has 4 heterocycles. The van der Waals surface area contributed by atoms with E-state index in [1.165, 1.54) is 5.56 Å². The van der Waals surface area contributed by atoms with Crippen LogP contribution < -0.4 is 0 Å². The smallest absolute Gasteiger partial charge is 0.183 e. The molecule has 0 saturated carbocycles.